The largest absolute Gasteiger partial charge is 1.00 e. The van der Waals surface area contributed by atoms with E-state index in [1.54, 1.807) is 24.3 Å². The second-order valence-corrected chi connectivity index (χ2v) is 6.76. The van der Waals surface area contributed by atoms with E-state index in [-0.39, 0.29) is 51.4 Å². The second kappa shape index (κ2) is 14.0. The molecular formula is C18H20BCl3F3KN2. The third-order valence-electron chi connectivity index (χ3n) is 3.07. The maximum Gasteiger partial charge on any atom is 1.00 e. The summed E-state index contributed by atoms with van der Waals surface area (Å²) in [6.07, 6.45) is 0. The van der Waals surface area contributed by atoms with E-state index < -0.39 is 12.4 Å². The van der Waals surface area contributed by atoms with Crippen LogP contribution in [0.1, 0.15) is 19.4 Å². The molecule has 0 radical (unpaired) electrons. The predicted octanol–water partition coefficient (Wildman–Crippen LogP) is 4.48. The van der Waals surface area contributed by atoms with Crippen LogP contribution in [0.15, 0.2) is 55.0 Å². The molecule has 0 aliphatic rings. The molecule has 2 aromatic carbocycles. The van der Waals surface area contributed by atoms with Crippen LogP contribution in [-0.4, -0.2) is 6.98 Å². The van der Waals surface area contributed by atoms with Crippen LogP contribution in [0.2, 0.25) is 15.1 Å². The first-order valence-electron chi connectivity index (χ1n) is 7.53. The van der Waals surface area contributed by atoms with Gasteiger partial charge < -0.3 is 24.4 Å². The molecule has 0 saturated heterocycles. The summed E-state index contributed by atoms with van der Waals surface area (Å²) in [5.41, 5.74) is 13.3. The van der Waals surface area contributed by atoms with Crippen molar-refractivity contribution in [1.82, 2.24) is 0 Å². The number of benzene rings is 2. The average molecular weight is 478 g/mol. The molecule has 0 aliphatic heterocycles. The van der Waals surface area contributed by atoms with Gasteiger partial charge in [-0.25, -0.2) is 0 Å². The van der Waals surface area contributed by atoms with Gasteiger partial charge in [-0.1, -0.05) is 66.5 Å². The van der Waals surface area contributed by atoms with Gasteiger partial charge in [-0.05, 0) is 30.7 Å². The quantitative estimate of drug-likeness (QED) is 0.495. The van der Waals surface area contributed by atoms with E-state index in [4.69, 9.17) is 46.3 Å². The fourth-order valence-electron chi connectivity index (χ4n) is 1.42. The third-order valence-corrected chi connectivity index (χ3v) is 4.06. The fourth-order valence-corrected chi connectivity index (χ4v) is 1.99. The molecule has 0 bridgehead atoms. The van der Waals surface area contributed by atoms with E-state index in [9.17, 15) is 12.9 Å². The molecule has 2 rings (SSSR count). The van der Waals surface area contributed by atoms with Crippen LogP contribution >= 0.6 is 34.8 Å². The summed E-state index contributed by atoms with van der Waals surface area (Å²) in [7, 11) is 0. The summed E-state index contributed by atoms with van der Waals surface area (Å²) in [6, 6.07) is 10.7. The summed E-state index contributed by atoms with van der Waals surface area (Å²) in [4.78, 5) is 0. The van der Waals surface area contributed by atoms with E-state index in [0.717, 1.165) is 18.1 Å². The molecule has 0 aromatic heterocycles. The Morgan fingerprint density at radius 3 is 1.39 bits per heavy atom. The van der Waals surface area contributed by atoms with Crippen molar-refractivity contribution in [1.29, 1.82) is 0 Å². The summed E-state index contributed by atoms with van der Waals surface area (Å²) in [6.45, 7) is 4.63. The van der Waals surface area contributed by atoms with Crippen LogP contribution in [0.5, 0.6) is 0 Å². The molecule has 0 saturated carbocycles. The third kappa shape index (κ3) is 11.2. The molecule has 0 unspecified atom stereocenters. The minimum absolute atomic E-state index is 0. The molecule has 4 N–H and O–H groups in total. The molecule has 2 aromatic rings. The van der Waals surface area contributed by atoms with Crippen molar-refractivity contribution in [3.8, 4) is 0 Å². The number of para-hydroxylation sites is 2. The Labute approximate surface area is 221 Å². The van der Waals surface area contributed by atoms with Crippen molar-refractivity contribution in [2.24, 2.45) is 0 Å². The number of nitrogens with two attached hydrogens (primary N) is 2. The second-order valence-electron chi connectivity index (χ2n) is 5.54. The van der Waals surface area contributed by atoms with E-state index >= 15 is 0 Å². The topological polar surface area (TPSA) is 52.0 Å². The Morgan fingerprint density at radius 2 is 1.14 bits per heavy atom. The molecular weight excluding hydrogens is 457 g/mol. The molecule has 28 heavy (non-hydrogen) atoms. The Morgan fingerprint density at radius 1 is 0.821 bits per heavy atom. The van der Waals surface area contributed by atoms with Gasteiger partial charge in [0.2, 0.25) is 0 Å². The standard InChI is InChI=1S/C9H10ClN.C6H5Cl2N.C3H5BF3.K/c1-6(2)7-4-3-5-8(10)9(7)11;7-4-2-1-3-5(8)6(4)9;1-3(2)4(5,6)7;/h3-5H,1,11H2,2H3;1-3H,9H2;1H2,2H3;/q;;-1;+1. The number of hydrogen-bond acceptors (Lipinski definition) is 2. The maximum atomic E-state index is 11.1. The zero-order valence-corrected chi connectivity index (χ0v) is 21.3. The van der Waals surface area contributed by atoms with E-state index in [0.29, 0.717) is 26.4 Å². The van der Waals surface area contributed by atoms with Crippen molar-refractivity contribution >= 4 is 58.7 Å². The Bertz CT molecular complexity index is 795. The average Bonchev–Trinajstić information content (AvgIpc) is 2.55. The Hall–Kier alpha value is -0.119. The minimum atomic E-state index is -4.75. The van der Waals surface area contributed by atoms with Gasteiger partial charge in [0, 0.05) is 5.56 Å². The molecule has 2 nitrogen and oxygen atoms in total. The van der Waals surface area contributed by atoms with Crippen LogP contribution in [-0.2, 0) is 0 Å². The van der Waals surface area contributed by atoms with Crippen molar-refractivity contribution in [3.63, 3.8) is 0 Å². The van der Waals surface area contributed by atoms with E-state index in [1.165, 1.54) is 0 Å². The van der Waals surface area contributed by atoms with Crippen LogP contribution in [0.4, 0.5) is 24.3 Å². The molecule has 0 spiro atoms. The number of nitrogen functional groups attached to an aromatic ring is 2. The number of allylic oxidation sites excluding steroid dienone is 2. The summed E-state index contributed by atoms with van der Waals surface area (Å²) >= 11 is 17.0. The number of hydrogen-bond donors (Lipinski definition) is 2. The zero-order chi connectivity index (χ0) is 21.4. The molecule has 0 heterocycles. The Kier molecular flexibility index (Phi) is 15.0. The minimum Gasteiger partial charge on any atom is -0.445 e. The smallest absolute Gasteiger partial charge is 0.445 e. The van der Waals surface area contributed by atoms with Gasteiger partial charge in [-0.15, -0.1) is 12.1 Å². The van der Waals surface area contributed by atoms with Crippen molar-refractivity contribution < 1.29 is 64.3 Å². The molecule has 148 valence electrons. The number of rotatable bonds is 2. The maximum absolute atomic E-state index is 11.1. The van der Waals surface area contributed by atoms with E-state index in [1.807, 2.05) is 19.1 Å². The molecule has 0 fully saturated rings. The molecule has 0 atom stereocenters. The molecule has 0 amide bonds. The first kappa shape index (κ1) is 30.1. The van der Waals surface area contributed by atoms with Crippen LogP contribution in [0.3, 0.4) is 0 Å². The van der Waals surface area contributed by atoms with Crippen LogP contribution in [0.25, 0.3) is 5.57 Å². The van der Waals surface area contributed by atoms with Gasteiger partial charge >= 0.3 is 58.4 Å². The summed E-state index contributed by atoms with van der Waals surface area (Å²) < 4.78 is 33.4. The van der Waals surface area contributed by atoms with Gasteiger partial charge in [-0.3, -0.25) is 0 Å². The SMILES string of the molecule is C=C(C)[B-](F)(F)F.C=C(C)c1cccc(Cl)c1N.Nc1c(Cl)cccc1Cl.[K+]. The van der Waals surface area contributed by atoms with Crippen molar-refractivity contribution in [2.75, 3.05) is 11.5 Å². The van der Waals surface area contributed by atoms with Crippen molar-refractivity contribution in [3.05, 3.63) is 75.7 Å². The van der Waals surface area contributed by atoms with Crippen LogP contribution in [0, 0.1) is 0 Å². The molecule has 0 aliphatic carbocycles. The fraction of sp³-hybridized carbons (Fsp3) is 0.111. The monoisotopic (exact) mass is 476 g/mol. The van der Waals surface area contributed by atoms with Gasteiger partial charge in [0.25, 0.3) is 0 Å². The molecule has 10 heteroatoms. The van der Waals surface area contributed by atoms with Gasteiger partial charge in [0.05, 0.1) is 26.4 Å². The number of anilines is 2. The van der Waals surface area contributed by atoms with Gasteiger partial charge in [0.15, 0.2) is 0 Å². The van der Waals surface area contributed by atoms with Crippen LogP contribution < -0.4 is 62.9 Å². The zero-order valence-electron chi connectivity index (χ0n) is 15.9. The van der Waals surface area contributed by atoms with Crippen molar-refractivity contribution in [2.45, 2.75) is 13.8 Å². The van der Waals surface area contributed by atoms with Gasteiger partial charge in [0.1, 0.15) is 0 Å². The predicted molar refractivity (Wildman–Crippen MR) is 115 cm³/mol. The van der Waals surface area contributed by atoms with Gasteiger partial charge in [-0.2, -0.15) is 0 Å². The van der Waals surface area contributed by atoms with E-state index in [2.05, 4.69) is 13.2 Å². The Balaban J connectivity index is 0. The summed E-state index contributed by atoms with van der Waals surface area (Å²) in [5, 5.41) is 1.59. The first-order chi connectivity index (χ1) is 12.3. The first-order valence-corrected chi connectivity index (χ1v) is 8.67. The normalized spacial score (nSPS) is 9.71. The number of halogens is 6. The summed E-state index contributed by atoms with van der Waals surface area (Å²) in [5.74, 6) is 0.